The van der Waals surface area contributed by atoms with E-state index >= 15 is 0 Å². The first-order chi connectivity index (χ1) is 25.1. The van der Waals surface area contributed by atoms with Crippen LogP contribution in [0.5, 0.6) is 0 Å². The number of halogens is 1. The molecule has 259 valence electrons. The summed E-state index contributed by atoms with van der Waals surface area (Å²) in [5.41, 5.74) is 7.72. The SMILES string of the molecule is CC(C)(C)c1ccc2c(n1)nc(-c1[c-]ccc3c1oc1ccccc13)n2-c1ccccc1.[2H]C([2H])([2H])c1c[c-]c(-c2ccc(C(C)(C)C)cn2)c(F)c1.[Ir]. The average Bonchev–Trinajstić information content (AvgIpc) is 3.70. The van der Waals surface area contributed by atoms with E-state index in [-0.39, 0.29) is 42.1 Å². The molecule has 1 radical (unpaired) electrons. The largest absolute Gasteiger partial charge is 0.501 e. The number of nitrogens with zero attached hydrogens (tertiary/aromatic N) is 4. The van der Waals surface area contributed by atoms with Crippen LogP contribution in [0.25, 0.3) is 61.4 Å². The van der Waals surface area contributed by atoms with Crippen molar-refractivity contribution < 1.29 is 33.0 Å². The summed E-state index contributed by atoms with van der Waals surface area (Å²) in [6.07, 6.45) is 1.71. The topological polar surface area (TPSA) is 56.7 Å². The summed E-state index contributed by atoms with van der Waals surface area (Å²) in [7, 11) is 0. The van der Waals surface area contributed by atoms with E-state index in [1.54, 1.807) is 12.3 Å². The monoisotopic (exact) mass is 854 g/mol. The van der Waals surface area contributed by atoms with Gasteiger partial charge in [0.1, 0.15) is 5.58 Å². The number of furan rings is 1. The third-order valence-electron chi connectivity index (χ3n) is 8.64. The predicted molar refractivity (Wildman–Crippen MR) is 201 cm³/mol. The van der Waals surface area contributed by atoms with Crippen molar-refractivity contribution in [2.24, 2.45) is 0 Å². The fraction of sp³-hybridized carbons (Fsp3) is 0.205. The van der Waals surface area contributed by atoms with E-state index < -0.39 is 12.7 Å². The van der Waals surface area contributed by atoms with E-state index in [1.807, 2.05) is 48.5 Å². The summed E-state index contributed by atoms with van der Waals surface area (Å²) in [6.45, 7) is 10.4. The second kappa shape index (κ2) is 14.0. The second-order valence-electron chi connectivity index (χ2n) is 14.4. The van der Waals surface area contributed by atoms with Gasteiger partial charge in [0.05, 0.1) is 16.9 Å². The molecule has 0 amide bonds. The molecule has 0 saturated carbocycles. The minimum Gasteiger partial charge on any atom is -0.501 e. The number of imidazole rings is 1. The van der Waals surface area contributed by atoms with Crippen LogP contribution in [0.2, 0.25) is 0 Å². The molecule has 0 N–H and O–H groups in total. The Morgan fingerprint density at radius 1 is 0.784 bits per heavy atom. The van der Waals surface area contributed by atoms with Gasteiger partial charge in [0.15, 0.2) is 5.65 Å². The smallest absolute Gasteiger partial charge is 0.168 e. The first-order valence-corrected chi connectivity index (χ1v) is 16.6. The average molecular weight is 854 g/mol. The molecular formula is C44H39FIrN4O-2. The Kier molecular flexibility index (Phi) is 8.76. The molecule has 0 spiro atoms. The van der Waals surface area contributed by atoms with Crippen LogP contribution in [0.3, 0.4) is 0 Å². The Balaban J connectivity index is 0.000000198. The molecule has 0 aliphatic rings. The van der Waals surface area contributed by atoms with E-state index in [0.29, 0.717) is 5.69 Å². The molecule has 8 rings (SSSR count). The summed E-state index contributed by atoms with van der Waals surface area (Å²) in [4.78, 5) is 14.2. The van der Waals surface area contributed by atoms with Crippen molar-refractivity contribution in [2.45, 2.75) is 59.2 Å². The minimum atomic E-state index is -2.33. The molecule has 8 aromatic rings. The van der Waals surface area contributed by atoms with Crippen molar-refractivity contribution in [2.75, 3.05) is 0 Å². The fourth-order valence-corrected chi connectivity index (χ4v) is 5.89. The van der Waals surface area contributed by atoms with Gasteiger partial charge in [-0.05, 0) is 47.0 Å². The van der Waals surface area contributed by atoms with Crippen molar-refractivity contribution in [3.63, 3.8) is 0 Å². The molecule has 0 aliphatic carbocycles. The molecule has 0 atom stereocenters. The minimum absolute atomic E-state index is 0. The number of fused-ring (bicyclic) bond motifs is 4. The standard InChI is InChI=1S/C28H22N3O.C16H17FN.Ir/c1-28(2,3)24-17-16-22-26(29-24)30-27(31(22)18-10-5-4-6-11-18)21-14-9-13-20-19-12-7-8-15-23(19)32-25(20)21;1-11-5-7-13(14(17)9-11)15-8-6-12(10-18-15)16(2,3)4;/h4-13,15-17H,1-3H3;5-6,8-10H,1-4H3;/q2*-1;/i;1D3;. The van der Waals surface area contributed by atoms with E-state index in [4.69, 9.17) is 18.5 Å². The summed E-state index contributed by atoms with van der Waals surface area (Å²) in [5.74, 6) is 0.147. The second-order valence-corrected chi connectivity index (χ2v) is 14.4. The summed E-state index contributed by atoms with van der Waals surface area (Å²) < 4.78 is 44.3. The third-order valence-corrected chi connectivity index (χ3v) is 8.64. The maximum Gasteiger partial charge on any atom is 0.168 e. The van der Waals surface area contributed by atoms with Crippen LogP contribution in [-0.4, -0.2) is 19.5 Å². The maximum absolute atomic E-state index is 14.1. The zero-order valence-electron chi connectivity index (χ0n) is 32.3. The number of aromatic nitrogens is 4. The summed E-state index contributed by atoms with van der Waals surface area (Å²) in [6, 6.07) is 38.6. The van der Waals surface area contributed by atoms with Crippen molar-refractivity contribution in [3.8, 4) is 28.3 Å². The van der Waals surface area contributed by atoms with Crippen molar-refractivity contribution >= 4 is 33.1 Å². The Hall–Kier alpha value is -4.97. The number of para-hydroxylation sites is 2. The number of hydrogen-bond donors (Lipinski definition) is 0. The zero-order chi connectivity index (χ0) is 37.7. The molecule has 51 heavy (non-hydrogen) atoms. The molecule has 0 unspecified atom stereocenters. The number of benzene rings is 4. The molecular weight excluding hydrogens is 812 g/mol. The maximum atomic E-state index is 14.1. The summed E-state index contributed by atoms with van der Waals surface area (Å²) in [5, 5.41) is 2.15. The molecule has 0 fully saturated rings. The van der Waals surface area contributed by atoms with Crippen molar-refractivity contribution in [1.29, 1.82) is 0 Å². The Morgan fingerprint density at radius 3 is 2.24 bits per heavy atom. The van der Waals surface area contributed by atoms with Gasteiger partial charge in [-0.25, -0.2) is 4.98 Å². The molecule has 0 bridgehead atoms. The van der Waals surface area contributed by atoms with E-state index in [9.17, 15) is 4.39 Å². The molecule has 4 aromatic heterocycles. The van der Waals surface area contributed by atoms with Crippen LogP contribution in [0.1, 0.15) is 62.5 Å². The zero-order valence-corrected chi connectivity index (χ0v) is 31.7. The molecule has 5 nitrogen and oxygen atoms in total. The van der Waals surface area contributed by atoms with Gasteiger partial charge in [-0.2, -0.15) is 0 Å². The van der Waals surface area contributed by atoms with Crippen LogP contribution < -0.4 is 0 Å². The third kappa shape index (κ3) is 7.14. The van der Waals surface area contributed by atoms with Crippen LogP contribution in [0.4, 0.5) is 4.39 Å². The number of pyridine rings is 2. The summed E-state index contributed by atoms with van der Waals surface area (Å²) >= 11 is 0. The molecule has 4 aromatic carbocycles. The fourth-order valence-electron chi connectivity index (χ4n) is 5.89. The van der Waals surface area contributed by atoms with Crippen LogP contribution in [-0.2, 0) is 30.9 Å². The molecule has 0 aliphatic heterocycles. The number of hydrogen-bond acceptors (Lipinski definition) is 4. The quantitative estimate of drug-likeness (QED) is 0.166. The first kappa shape index (κ1) is 32.0. The van der Waals surface area contributed by atoms with E-state index in [0.717, 1.165) is 67.5 Å². The molecule has 4 heterocycles. The van der Waals surface area contributed by atoms with Gasteiger partial charge in [-0.15, -0.1) is 42.0 Å². The van der Waals surface area contributed by atoms with Gasteiger partial charge in [0.2, 0.25) is 0 Å². The van der Waals surface area contributed by atoms with Gasteiger partial charge in [-0.1, -0.05) is 113 Å². The van der Waals surface area contributed by atoms with Gasteiger partial charge < -0.3 is 14.0 Å². The predicted octanol–water partition coefficient (Wildman–Crippen LogP) is 11.4. The molecule has 7 heteroatoms. The van der Waals surface area contributed by atoms with Crippen LogP contribution >= 0.6 is 0 Å². The Morgan fingerprint density at radius 2 is 1.55 bits per heavy atom. The van der Waals surface area contributed by atoms with E-state index in [2.05, 4.69) is 99.6 Å². The van der Waals surface area contributed by atoms with Crippen molar-refractivity contribution in [1.82, 2.24) is 19.5 Å². The van der Waals surface area contributed by atoms with E-state index in [1.165, 1.54) is 6.07 Å². The number of rotatable bonds is 3. The van der Waals surface area contributed by atoms with Crippen LogP contribution in [0, 0.1) is 24.8 Å². The van der Waals surface area contributed by atoms with Crippen molar-refractivity contribution in [3.05, 3.63) is 144 Å². The van der Waals surface area contributed by atoms with Gasteiger partial charge in [0, 0.05) is 58.4 Å². The number of aryl methyl sites for hydroxylation is 1. The van der Waals surface area contributed by atoms with Gasteiger partial charge in [-0.3, -0.25) is 9.37 Å². The first-order valence-electron chi connectivity index (χ1n) is 18.1. The normalized spacial score (nSPS) is 12.9. The van der Waals surface area contributed by atoms with Gasteiger partial charge >= 0.3 is 0 Å². The van der Waals surface area contributed by atoms with Gasteiger partial charge in [0.25, 0.3) is 0 Å². The van der Waals surface area contributed by atoms with Crippen LogP contribution in [0.15, 0.2) is 114 Å². The Bertz CT molecular complexity index is 2580. The Labute approximate surface area is 316 Å². The molecule has 0 saturated heterocycles.